The molecule has 2 aromatic carbocycles. The van der Waals surface area contributed by atoms with Crippen molar-refractivity contribution in [2.45, 2.75) is 18.2 Å². The highest BCUT2D eigenvalue weighted by atomic mass is 32.2. The molecule has 0 aliphatic rings. The largest absolute Gasteiger partial charge is 0.273 e. The molecule has 0 fully saturated rings. The van der Waals surface area contributed by atoms with Gasteiger partial charge in [-0.05, 0) is 24.6 Å². The molecule has 0 heterocycles. The van der Waals surface area contributed by atoms with Gasteiger partial charge in [0, 0.05) is 7.05 Å². The van der Waals surface area contributed by atoms with Crippen molar-refractivity contribution >= 4 is 15.9 Å². The van der Waals surface area contributed by atoms with Crippen LogP contribution in [0.1, 0.15) is 11.1 Å². The number of nitrogens with zero attached hydrogens (tertiary/aromatic N) is 1. The lowest BCUT2D eigenvalue weighted by Gasteiger charge is -2.17. The van der Waals surface area contributed by atoms with E-state index in [0.29, 0.717) is 0 Å². The summed E-state index contributed by atoms with van der Waals surface area (Å²) in [7, 11) is -2.50. The van der Waals surface area contributed by atoms with Crippen molar-refractivity contribution < 1.29 is 13.2 Å². The van der Waals surface area contributed by atoms with E-state index < -0.39 is 15.9 Å². The van der Waals surface area contributed by atoms with Gasteiger partial charge in [0.15, 0.2) is 0 Å². The van der Waals surface area contributed by atoms with E-state index in [1.54, 1.807) is 24.3 Å². The Hall–Kier alpha value is -2.14. The van der Waals surface area contributed by atoms with Gasteiger partial charge in [0.1, 0.15) is 0 Å². The van der Waals surface area contributed by atoms with Gasteiger partial charge in [-0.25, -0.2) is 12.7 Å². The Labute approximate surface area is 125 Å². The Balaban J connectivity index is 2.20. The van der Waals surface area contributed by atoms with Crippen LogP contribution in [0.5, 0.6) is 0 Å². The Morgan fingerprint density at radius 3 is 2.14 bits per heavy atom. The number of hydrogen-bond donors (Lipinski definition) is 0. The number of rotatable bonds is 4. The van der Waals surface area contributed by atoms with Gasteiger partial charge in [0.05, 0.1) is 11.3 Å². The predicted octanol–water partition coefficient (Wildman–Crippen LogP) is 2.38. The molecule has 0 N–H and O–H groups in total. The Bertz CT molecular complexity index is 722. The molecule has 0 radical (unpaired) electrons. The maximum Gasteiger partial charge on any atom is 0.266 e. The molecule has 4 nitrogen and oxygen atoms in total. The molecule has 0 saturated heterocycles. The number of likely N-dealkylation sites (N-methyl/N-ethyl adjacent to an activating group) is 1. The summed E-state index contributed by atoms with van der Waals surface area (Å²) in [6.45, 7) is 1.88. The number of carbonyl (C=O) groups excluding carboxylic acids is 1. The summed E-state index contributed by atoms with van der Waals surface area (Å²) in [5.41, 5.74) is 1.75. The van der Waals surface area contributed by atoms with Gasteiger partial charge in [-0.1, -0.05) is 48.0 Å². The quantitative estimate of drug-likeness (QED) is 0.871. The van der Waals surface area contributed by atoms with Gasteiger partial charge in [-0.3, -0.25) is 4.79 Å². The van der Waals surface area contributed by atoms with E-state index in [1.807, 2.05) is 25.1 Å². The first-order valence-corrected chi connectivity index (χ1v) is 7.97. The molecule has 0 aromatic heterocycles. The normalized spacial score (nSPS) is 11.1. The maximum absolute atomic E-state index is 12.4. The highest BCUT2D eigenvalue weighted by Gasteiger charge is 2.25. The first-order chi connectivity index (χ1) is 9.91. The number of carbonyl (C=O) groups is 1. The van der Waals surface area contributed by atoms with Crippen LogP contribution < -0.4 is 0 Å². The van der Waals surface area contributed by atoms with Gasteiger partial charge in [-0.2, -0.15) is 0 Å². The lowest BCUT2D eigenvalue weighted by Crippen LogP contribution is -2.34. The zero-order valence-corrected chi connectivity index (χ0v) is 12.8. The standard InChI is InChI=1S/C16H17NO3S/c1-13-8-10-15(11-9-13)21(19,20)17(2)16(18)12-14-6-4-3-5-7-14/h3-11H,12H2,1-2H3. The summed E-state index contributed by atoms with van der Waals surface area (Å²) in [5.74, 6) is -0.457. The van der Waals surface area contributed by atoms with E-state index in [4.69, 9.17) is 0 Å². The SMILES string of the molecule is Cc1ccc(S(=O)(=O)N(C)C(=O)Cc2ccccc2)cc1. The fourth-order valence-corrected chi connectivity index (χ4v) is 3.01. The van der Waals surface area contributed by atoms with E-state index in [2.05, 4.69) is 0 Å². The molecule has 5 heteroatoms. The molecule has 0 bridgehead atoms. The molecule has 0 atom stereocenters. The molecule has 110 valence electrons. The van der Waals surface area contributed by atoms with Crippen LogP contribution in [0.3, 0.4) is 0 Å². The molecule has 0 spiro atoms. The smallest absolute Gasteiger partial charge is 0.266 e. The van der Waals surface area contributed by atoms with Crippen molar-refractivity contribution in [2.24, 2.45) is 0 Å². The Morgan fingerprint density at radius 2 is 1.57 bits per heavy atom. The Kier molecular flexibility index (Phi) is 4.43. The number of amides is 1. The highest BCUT2D eigenvalue weighted by molar-refractivity contribution is 7.89. The third-order valence-electron chi connectivity index (χ3n) is 3.23. The first kappa shape index (κ1) is 15.3. The van der Waals surface area contributed by atoms with Crippen LogP contribution in [0, 0.1) is 6.92 Å². The third-order valence-corrected chi connectivity index (χ3v) is 5.02. The fourth-order valence-electron chi connectivity index (χ4n) is 1.88. The summed E-state index contributed by atoms with van der Waals surface area (Å²) in [4.78, 5) is 12.3. The van der Waals surface area contributed by atoms with Crippen LogP contribution >= 0.6 is 0 Å². The molecule has 0 unspecified atom stereocenters. The second-order valence-electron chi connectivity index (χ2n) is 4.84. The summed E-state index contributed by atoms with van der Waals surface area (Å²) >= 11 is 0. The van der Waals surface area contributed by atoms with Gasteiger partial charge in [0.2, 0.25) is 5.91 Å². The van der Waals surface area contributed by atoms with E-state index in [-0.39, 0.29) is 11.3 Å². The summed E-state index contributed by atoms with van der Waals surface area (Å²) < 4.78 is 25.6. The van der Waals surface area contributed by atoms with Crippen LogP contribution in [0.4, 0.5) is 0 Å². The topological polar surface area (TPSA) is 54.5 Å². The van der Waals surface area contributed by atoms with Crippen LogP contribution in [0.2, 0.25) is 0 Å². The second-order valence-corrected chi connectivity index (χ2v) is 6.81. The monoisotopic (exact) mass is 303 g/mol. The van der Waals surface area contributed by atoms with Crippen molar-refractivity contribution in [2.75, 3.05) is 7.05 Å². The molecule has 0 aliphatic carbocycles. The Morgan fingerprint density at radius 1 is 1.00 bits per heavy atom. The molecule has 0 aliphatic heterocycles. The molecule has 2 rings (SSSR count). The van der Waals surface area contributed by atoms with Crippen LogP contribution in [-0.4, -0.2) is 25.7 Å². The van der Waals surface area contributed by atoms with Gasteiger partial charge >= 0.3 is 0 Å². The van der Waals surface area contributed by atoms with Crippen LogP contribution in [0.15, 0.2) is 59.5 Å². The van der Waals surface area contributed by atoms with Crippen molar-refractivity contribution in [3.05, 3.63) is 65.7 Å². The minimum Gasteiger partial charge on any atom is -0.273 e. The van der Waals surface area contributed by atoms with Crippen molar-refractivity contribution in [1.29, 1.82) is 0 Å². The number of benzene rings is 2. The number of aryl methyl sites for hydroxylation is 1. The average Bonchev–Trinajstić information content (AvgIpc) is 2.48. The highest BCUT2D eigenvalue weighted by Crippen LogP contribution is 2.16. The number of sulfonamides is 1. The maximum atomic E-state index is 12.4. The molecule has 0 saturated carbocycles. The molecule has 2 aromatic rings. The minimum atomic E-state index is -3.79. The van der Waals surface area contributed by atoms with Crippen molar-refractivity contribution in [1.82, 2.24) is 4.31 Å². The van der Waals surface area contributed by atoms with E-state index in [0.717, 1.165) is 15.4 Å². The number of hydrogen-bond acceptors (Lipinski definition) is 3. The minimum absolute atomic E-state index is 0.0580. The zero-order chi connectivity index (χ0) is 15.5. The van der Waals surface area contributed by atoms with Crippen molar-refractivity contribution in [3.8, 4) is 0 Å². The average molecular weight is 303 g/mol. The molecule has 1 amide bonds. The van der Waals surface area contributed by atoms with Crippen molar-refractivity contribution in [3.63, 3.8) is 0 Å². The van der Waals surface area contributed by atoms with Crippen LogP contribution in [-0.2, 0) is 21.2 Å². The van der Waals surface area contributed by atoms with E-state index in [1.165, 1.54) is 19.2 Å². The molecular weight excluding hydrogens is 286 g/mol. The van der Waals surface area contributed by atoms with Gasteiger partial charge < -0.3 is 0 Å². The molecule has 21 heavy (non-hydrogen) atoms. The summed E-state index contributed by atoms with van der Waals surface area (Å²) in [6.07, 6.45) is 0.0580. The lowest BCUT2D eigenvalue weighted by molar-refractivity contribution is -0.124. The van der Waals surface area contributed by atoms with E-state index >= 15 is 0 Å². The van der Waals surface area contributed by atoms with Gasteiger partial charge in [-0.15, -0.1) is 0 Å². The van der Waals surface area contributed by atoms with Crippen LogP contribution in [0.25, 0.3) is 0 Å². The molecular formula is C16H17NO3S. The third kappa shape index (κ3) is 3.49. The van der Waals surface area contributed by atoms with E-state index in [9.17, 15) is 13.2 Å². The fraction of sp³-hybridized carbons (Fsp3) is 0.188. The second kappa shape index (κ2) is 6.10. The van der Waals surface area contributed by atoms with Gasteiger partial charge in [0.25, 0.3) is 10.0 Å². The zero-order valence-electron chi connectivity index (χ0n) is 12.0. The summed E-state index contributed by atoms with van der Waals surface area (Å²) in [5, 5.41) is 0. The lowest BCUT2D eigenvalue weighted by atomic mass is 10.1. The first-order valence-electron chi connectivity index (χ1n) is 6.53. The summed E-state index contributed by atoms with van der Waals surface area (Å²) in [6, 6.07) is 15.5. The predicted molar refractivity (Wildman–Crippen MR) is 81.3 cm³/mol.